The molecule has 1 aromatic carbocycles. The summed E-state index contributed by atoms with van der Waals surface area (Å²) in [5, 5.41) is 1.12. The standard InChI is InChI=1S/C18H25N3O3S/c1-13-11-18(19-17-12-15(24-3)5-6-16(13)17)21-9-7-14(8-10-21)20(2)25(4,22)23/h5-6,11-12,14H,7-10H2,1-4H3. The summed E-state index contributed by atoms with van der Waals surface area (Å²) >= 11 is 0. The molecule has 2 heterocycles. The molecule has 1 aromatic heterocycles. The highest BCUT2D eigenvalue weighted by Crippen LogP contribution is 2.28. The number of fused-ring (bicyclic) bond motifs is 1. The fourth-order valence-corrected chi connectivity index (χ4v) is 4.14. The number of piperidine rings is 1. The Balaban J connectivity index is 1.81. The molecule has 0 saturated carbocycles. The first-order valence-electron chi connectivity index (χ1n) is 8.43. The third-order valence-electron chi connectivity index (χ3n) is 5.04. The number of methoxy groups -OCH3 is 1. The van der Waals surface area contributed by atoms with Crippen LogP contribution in [0, 0.1) is 6.92 Å². The lowest BCUT2D eigenvalue weighted by atomic mass is 10.0. The second kappa shape index (κ2) is 6.80. The Bertz CT molecular complexity index is 875. The van der Waals surface area contributed by atoms with Crippen LogP contribution in [0.3, 0.4) is 0 Å². The summed E-state index contributed by atoms with van der Waals surface area (Å²) in [6.45, 7) is 3.68. The second-order valence-corrected chi connectivity index (χ2v) is 8.72. The number of benzene rings is 1. The zero-order chi connectivity index (χ0) is 18.2. The van der Waals surface area contributed by atoms with E-state index in [1.807, 2.05) is 18.2 Å². The van der Waals surface area contributed by atoms with E-state index in [4.69, 9.17) is 9.72 Å². The quantitative estimate of drug-likeness (QED) is 0.835. The van der Waals surface area contributed by atoms with Crippen molar-refractivity contribution in [2.75, 3.05) is 38.4 Å². The van der Waals surface area contributed by atoms with Crippen LogP contribution in [0.15, 0.2) is 24.3 Å². The molecule has 0 unspecified atom stereocenters. The zero-order valence-electron chi connectivity index (χ0n) is 15.2. The van der Waals surface area contributed by atoms with Gasteiger partial charge in [-0.2, -0.15) is 0 Å². The fraction of sp³-hybridized carbons (Fsp3) is 0.500. The van der Waals surface area contributed by atoms with Crippen LogP contribution in [0.4, 0.5) is 5.82 Å². The summed E-state index contributed by atoms with van der Waals surface area (Å²) in [4.78, 5) is 7.04. The molecule has 0 bridgehead atoms. The van der Waals surface area contributed by atoms with Gasteiger partial charge in [0.25, 0.3) is 0 Å². The third-order valence-corrected chi connectivity index (χ3v) is 6.38. The summed E-state index contributed by atoms with van der Waals surface area (Å²) in [6.07, 6.45) is 2.88. The van der Waals surface area contributed by atoms with Gasteiger partial charge in [0.2, 0.25) is 10.0 Å². The Kier molecular flexibility index (Phi) is 4.88. The van der Waals surface area contributed by atoms with Crippen LogP contribution in [0.1, 0.15) is 18.4 Å². The third kappa shape index (κ3) is 3.72. The molecular formula is C18H25N3O3S. The van der Waals surface area contributed by atoms with Crippen LogP contribution in [-0.2, 0) is 10.0 Å². The molecule has 0 atom stereocenters. The molecule has 1 fully saturated rings. The Morgan fingerprint density at radius 2 is 1.92 bits per heavy atom. The maximum absolute atomic E-state index is 11.7. The van der Waals surface area contributed by atoms with Gasteiger partial charge < -0.3 is 9.64 Å². The van der Waals surface area contributed by atoms with Crippen molar-refractivity contribution in [1.29, 1.82) is 0 Å². The second-order valence-electron chi connectivity index (χ2n) is 6.68. The molecular weight excluding hydrogens is 338 g/mol. The lowest BCUT2D eigenvalue weighted by Crippen LogP contribution is -2.45. The maximum Gasteiger partial charge on any atom is 0.211 e. The lowest BCUT2D eigenvalue weighted by molar-refractivity contribution is 0.313. The molecule has 0 aliphatic carbocycles. The predicted molar refractivity (Wildman–Crippen MR) is 101 cm³/mol. The molecule has 6 nitrogen and oxygen atoms in total. The summed E-state index contributed by atoms with van der Waals surface area (Å²) in [7, 11) is 0.178. The van der Waals surface area contributed by atoms with E-state index < -0.39 is 10.0 Å². The molecule has 0 amide bonds. The normalized spacial score (nSPS) is 16.6. The van der Waals surface area contributed by atoms with Crippen LogP contribution in [-0.4, -0.2) is 57.3 Å². The predicted octanol–water partition coefficient (Wildman–Crippen LogP) is 2.41. The number of hydrogen-bond acceptors (Lipinski definition) is 5. The number of sulfonamides is 1. The zero-order valence-corrected chi connectivity index (χ0v) is 16.0. The minimum atomic E-state index is -3.14. The first kappa shape index (κ1) is 17.9. The van der Waals surface area contributed by atoms with E-state index in [0.29, 0.717) is 0 Å². The van der Waals surface area contributed by atoms with E-state index in [1.54, 1.807) is 14.2 Å². The average molecular weight is 363 g/mol. The number of rotatable bonds is 4. The van der Waals surface area contributed by atoms with Gasteiger partial charge >= 0.3 is 0 Å². The van der Waals surface area contributed by atoms with E-state index in [9.17, 15) is 8.42 Å². The number of aryl methyl sites for hydroxylation is 1. The van der Waals surface area contributed by atoms with Gasteiger partial charge in [0.1, 0.15) is 11.6 Å². The van der Waals surface area contributed by atoms with Crippen molar-refractivity contribution in [3.05, 3.63) is 29.8 Å². The van der Waals surface area contributed by atoms with Crippen molar-refractivity contribution in [1.82, 2.24) is 9.29 Å². The molecule has 2 aromatic rings. The molecule has 1 aliphatic heterocycles. The van der Waals surface area contributed by atoms with Crippen molar-refractivity contribution >= 4 is 26.7 Å². The number of aromatic nitrogens is 1. The first-order chi connectivity index (χ1) is 11.8. The number of nitrogens with zero attached hydrogens (tertiary/aromatic N) is 3. The number of hydrogen-bond donors (Lipinski definition) is 0. The summed E-state index contributed by atoms with van der Waals surface area (Å²) in [6, 6.07) is 8.11. The molecule has 7 heteroatoms. The summed E-state index contributed by atoms with van der Waals surface area (Å²) < 4.78 is 30.2. The summed E-state index contributed by atoms with van der Waals surface area (Å²) in [5.74, 6) is 1.74. The van der Waals surface area contributed by atoms with E-state index in [1.165, 1.54) is 16.1 Å². The number of pyridine rings is 1. The van der Waals surface area contributed by atoms with Gasteiger partial charge in [0, 0.05) is 37.6 Å². The maximum atomic E-state index is 11.7. The van der Waals surface area contributed by atoms with Gasteiger partial charge in [0.15, 0.2) is 0 Å². The van der Waals surface area contributed by atoms with E-state index >= 15 is 0 Å². The highest BCUT2D eigenvalue weighted by molar-refractivity contribution is 7.88. The van der Waals surface area contributed by atoms with Gasteiger partial charge in [-0.1, -0.05) is 0 Å². The molecule has 0 spiro atoms. The van der Waals surface area contributed by atoms with Gasteiger partial charge in [-0.15, -0.1) is 0 Å². The Morgan fingerprint density at radius 1 is 1.24 bits per heavy atom. The first-order valence-corrected chi connectivity index (χ1v) is 10.3. The van der Waals surface area contributed by atoms with E-state index in [2.05, 4.69) is 17.9 Å². The van der Waals surface area contributed by atoms with Crippen LogP contribution in [0.2, 0.25) is 0 Å². The Hall–Kier alpha value is -1.86. The highest BCUT2D eigenvalue weighted by atomic mass is 32.2. The van der Waals surface area contributed by atoms with Gasteiger partial charge in [-0.25, -0.2) is 17.7 Å². The number of anilines is 1. The fourth-order valence-electron chi connectivity index (χ4n) is 3.38. The largest absolute Gasteiger partial charge is 0.497 e. The molecule has 3 rings (SSSR count). The van der Waals surface area contributed by atoms with Gasteiger partial charge in [-0.05, 0) is 43.5 Å². The smallest absolute Gasteiger partial charge is 0.211 e. The van der Waals surface area contributed by atoms with Crippen molar-refractivity contribution in [2.24, 2.45) is 0 Å². The Labute approximate surface area is 149 Å². The van der Waals surface area contributed by atoms with Crippen LogP contribution in [0.5, 0.6) is 5.75 Å². The number of ether oxygens (including phenoxy) is 1. The van der Waals surface area contributed by atoms with Gasteiger partial charge in [-0.3, -0.25) is 0 Å². The minimum Gasteiger partial charge on any atom is -0.497 e. The van der Waals surface area contributed by atoms with Crippen molar-refractivity contribution in [3.8, 4) is 5.75 Å². The van der Waals surface area contributed by atoms with Crippen LogP contribution in [0.25, 0.3) is 10.9 Å². The highest BCUT2D eigenvalue weighted by Gasteiger charge is 2.27. The van der Waals surface area contributed by atoms with Crippen molar-refractivity contribution < 1.29 is 13.2 Å². The monoisotopic (exact) mass is 363 g/mol. The summed E-state index contributed by atoms with van der Waals surface area (Å²) in [5.41, 5.74) is 2.10. The van der Waals surface area contributed by atoms with Crippen LogP contribution >= 0.6 is 0 Å². The lowest BCUT2D eigenvalue weighted by Gasteiger charge is -2.36. The molecule has 25 heavy (non-hydrogen) atoms. The van der Waals surface area contributed by atoms with E-state index in [0.717, 1.165) is 48.4 Å². The minimum absolute atomic E-state index is 0.0629. The molecule has 136 valence electrons. The van der Waals surface area contributed by atoms with Crippen LogP contribution < -0.4 is 9.64 Å². The molecule has 0 N–H and O–H groups in total. The van der Waals surface area contributed by atoms with Crippen molar-refractivity contribution in [3.63, 3.8) is 0 Å². The van der Waals surface area contributed by atoms with Gasteiger partial charge in [0.05, 0.1) is 18.9 Å². The SMILES string of the molecule is COc1ccc2c(C)cc(N3CCC(N(C)S(C)(=O)=O)CC3)nc2c1. The average Bonchev–Trinajstić information content (AvgIpc) is 2.59. The van der Waals surface area contributed by atoms with E-state index in [-0.39, 0.29) is 6.04 Å². The molecule has 1 aliphatic rings. The topological polar surface area (TPSA) is 62.7 Å². The molecule has 0 radical (unpaired) electrons. The Morgan fingerprint density at radius 3 is 2.52 bits per heavy atom. The molecule has 1 saturated heterocycles. The van der Waals surface area contributed by atoms with Crippen molar-refractivity contribution in [2.45, 2.75) is 25.8 Å².